The Morgan fingerprint density at radius 2 is 2.13 bits per heavy atom. The normalized spacial score (nSPS) is 11.9. The molecule has 0 fully saturated rings. The quantitative estimate of drug-likeness (QED) is 0.560. The summed E-state index contributed by atoms with van der Waals surface area (Å²) in [7, 11) is 0. The van der Waals surface area contributed by atoms with Gasteiger partial charge in [0.15, 0.2) is 0 Å². The first-order valence-electron chi connectivity index (χ1n) is 4.91. The van der Waals surface area contributed by atoms with Gasteiger partial charge in [-0.2, -0.15) is 0 Å². The molecule has 0 aromatic carbocycles. The fraction of sp³-hybridized carbons (Fsp3) is 0.333. The predicted octanol–water partition coefficient (Wildman–Crippen LogP) is 2.65. The van der Waals surface area contributed by atoms with Crippen LogP contribution in [-0.2, 0) is 9.53 Å². The van der Waals surface area contributed by atoms with Crippen LogP contribution in [0.4, 0.5) is 0 Å². The number of ether oxygens (including phenoxy) is 1. The average molecular weight is 205 g/mol. The highest BCUT2D eigenvalue weighted by Crippen LogP contribution is 2.20. The van der Waals surface area contributed by atoms with Crippen LogP contribution in [0.3, 0.4) is 0 Å². The molecule has 1 rings (SSSR count). The summed E-state index contributed by atoms with van der Waals surface area (Å²) in [5.74, 6) is -0.348. The van der Waals surface area contributed by atoms with Gasteiger partial charge in [0.05, 0.1) is 0 Å². The minimum absolute atomic E-state index is 0.211. The van der Waals surface area contributed by atoms with E-state index in [-0.39, 0.29) is 12.1 Å². The molecule has 0 aliphatic heterocycles. The Labute approximate surface area is 89.8 Å². The number of nitrogens with zero attached hydrogens (tertiary/aromatic N) is 1. The Morgan fingerprint density at radius 3 is 2.60 bits per heavy atom. The van der Waals surface area contributed by atoms with Crippen LogP contribution in [0.15, 0.2) is 36.7 Å². The highest BCUT2D eigenvalue weighted by molar-refractivity contribution is 5.87. The summed E-state index contributed by atoms with van der Waals surface area (Å²) in [6.45, 7) is 7.16. The molecule has 1 aromatic heterocycles. The number of carbonyl (C=O) groups is 1. The van der Waals surface area contributed by atoms with Crippen molar-refractivity contribution in [3.63, 3.8) is 0 Å². The number of esters is 1. The Balaban J connectivity index is 2.73. The van der Waals surface area contributed by atoms with Gasteiger partial charge in [0, 0.05) is 18.0 Å². The largest absolute Gasteiger partial charge is 0.454 e. The van der Waals surface area contributed by atoms with Gasteiger partial charge in [0.2, 0.25) is 0 Å². The van der Waals surface area contributed by atoms with Gasteiger partial charge in [-0.15, -0.1) is 0 Å². The third-order valence-electron chi connectivity index (χ3n) is 2.05. The van der Waals surface area contributed by atoms with Crippen molar-refractivity contribution in [1.29, 1.82) is 0 Å². The first-order valence-corrected chi connectivity index (χ1v) is 4.91. The molecule has 3 nitrogen and oxygen atoms in total. The van der Waals surface area contributed by atoms with Gasteiger partial charge >= 0.3 is 5.97 Å². The SMILES string of the molecule is C=C(C)C(=O)OC(CC)c1ccncc1. The second-order valence-electron chi connectivity index (χ2n) is 3.36. The van der Waals surface area contributed by atoms with Crippen LogP contribution in [-0.4, -0.2) is 11.0 Å². The summed E-state index contributed by atoms with van der Waals surface area (Å²) in [6.07, 6.45) is 3.90. The second kappa shape index (κ2) is 5.29. The van der Waals surface area contributed by atoms with E-state index in [0.29, 0.717) is 5.57 Å². The van der Waals surface area contributed by atoms with E-state index in [1.165, 1.54) is 0 Å². The molecule has 1 heterocycles. The van der Waals surface area contributed by atoms with Gasteiger partial charge in [-0.1, -0.05) is 13.5 Å². The fourth-order valence-corrected chi connectivity index (χ4v) is 1.19. The Bertz CT molecular complexity index is 346. The smallest absolute Gasteiger partial charge is 0.333 e. The van der Waals surface area contributed by atoms with Gasteiger partial charge in [-0.25, -0.2) is 4.79 Å². The van der Waals surface area contributed by atoms with Gasteiger partial charge in [0.25, 0.3) is 0 Å². The van der Waals surface area contributed by atoms with Gasteiger partial charge in [-0.3, -0.25) is 4.98 Å². The lowest BCUT2D eigenvalue weighted by Gasteiger charge is -2.16. The molecule has 80 valence electrons. The number of hydrogen-bond donors (Lipinski definition) is 0. The molecule has 0 aliphatic rings. The summed E-state index contributed by atoms with van der Waals surface area (Å²) in [5, 5.41) is 0. The van der Waals surface area contributed by atoms with E-state index < -0.39 is 0 Å². The van der Waals surface area contributed by atoms with Crippen molar-refractivity contribution in [2.45, 2.75) is 26.4 Å². The van der Waals surface area contributed by atoms with Crippen LogP contribution < -0.4 is 0 Å². The first kappa shape index (κ1) is 11.4. The standard InChI is InChI=1S/C12H15NO2/c1-4-11(15-12(14)9(2)3)10-5-7-13-8-6-10/h5-8,11H,2,4H2,1,3H3. The Kier molecular flexibility index (Phi) is 4.03. The van der Waals surface area contributed by atoms with E-state index in [1.807, 2.05) is 19.1 Å². The van der Waals surface area contributed by atoms with Crippen molar-refractivity contribution < 1.29 is 9.53 Å². The first-order chi connectivity index (χ1) is 7.15. The van der Waals surface area contributed by atoms with E-state index in [0.717, 1.165) is 12.0 Å². The van der Waals surface area contributed by atoms with Crippen LogP contribution in [0.1, 0.15) is 31.9 Å². The molecule has 0 saturated carbocycles. The minimum atomic E-state index is -0.348. The number of pyridine rings is 1. The van der Waals surface area contributed by atoms with E-state index in [9.17, 15) is 4.79 Å². The molecule has 1 unspecified atom stereocenters. The highest BCUT2D eigenvalue weighted by atomic mass is 16.5. The van der Waals surface area contributed by atoms with E-state index in [1.54, 1.807) is 19.3 Å². The molecule has 0 bridgehead atoms. The van der Waals surface area contributed by atoms with E-state index in [2.05, 4.69) is 11.6 Å². The molecule has 0 saturated heterocycles. The van der Waals surface area contributed by atoms with E-state index in [4.69, 9.17) is 4.74 Å². The monoisotopic (exact) mass is 205 g/mol. The second-order valence-corrected chi connectivity index (χ2v) is 3.36. The molecule has 0 amide bonds. The maximum absolute atomic E-state index is 11.3. The number of hydrogen-bond acceptors (Lipinski definition) is 3. The van der Waals surface area contributed by atoms with Crippen LogP contribution >= 0.6 is 0 Å². The van der Waals surface area contributed by atoms with Gasteiger partial charge in [-0.05, 0) is 31.0 Å². The summed E-state index contributed by atoms with van der Waals surface area (Å²) < 4.78 is 5.28. The number of rotatable bonds is 4. The summed E-state index contributed by atoms with van der Waals surface area (Å²) >= 11 is 0. The lowest BCUT2D eigenvalue weighted by molar-refractivity contribution is -0.144. The Hall–Kier alpha value is -1.64. The zero-order chi connectivity index (χ0) is 11.3. The highest BCUT2D eigenvalue weighted by Gasteiger charge is 2.14. The maximum Gasteiger partial charge on any atom is 0.333 e. The van der Waals surface area contributed by atoms with Gasteiger partial charge < -0.3 is 4.74 Å². The fourth-order valence-electron chi connectivity index (χ4n) is 1.19. The van der Waals surface area contributed by atoms with Crippen molar-refractivity contribution in [3.8, 4) is 0 Å². The Morgan fingerprint density at radius 1 is 1.53 bits per heavy atom. The number of carbonyl (C=O) groups excluding carboxylic acids is 1. The van der Waals surface area contributed by atoms with E-state index >= 15 is 0 Å². The van der Waals surface area contributed by atoms with Crippen LogP contribution in [0.25, 0.3) is 0 Å². The number of aromatic nitrogens is 1. The summed E-state index contributed by atoms with van der Waals surface area (Å²) in [6, 6.07) is 3.69. The summed E-state index contributed by atoms with van der Waals surface area (Å²) in [4.78, 5) is 15.3. The lowest BCUT2D eigenvalue weighted by Crippen LogP contribution is -2.11. The van der Waals surface area contributed by atoms with Crippen molar-refractivity contribution >= 4 is 5.97 Å². The van der Waals surface area contributed by atoms with Crippen molar-refractivity contribution in [2.24, 2.45) is 0 Å². The van der Waals surface area contributed by atoms with Crippen molar-refractivity contribution in [2.75, 3.05) is 0 Å². The summed E-state index contributed by atoms with van der Waals surface area (Å²) in [5.41, 5.74) is 1.38. The van der Waals surface area contributed by atoms with Crippen molar-refractivity contribution in [1.82, 2.24) is 4.98 Å². The molecule has 0 radical (unpaired) electrons. The third-order valence-corrected chi connectivity index (χ3v) is 2.05. The molecule has 0 spiro atoms. The zero-order valence-corrected chi connectivity index (χ0v) is 9.06. The topological polar surface area (TPSA) is 39.2 Å². The van der Waals surface area contributed by atoms with Gasteiger partial charge in [0.1, 0.15) is 6.10 Å². The lowest BCUT2D eigenvalue weighted by atomic mass is 10.1. The average Bonchev–Trinajstić information content (AvgIpc) is 2.26. The molecule has 3 heteroatoms. The van der Waals surface area contributed by atoms with Crippen molar-refractivity contribution in [3.05, 3.63) is 42.2 Å². The third kappa shape index (κ3) is 3.20. The molecule has 0 N–H and O–H groups in total. The van der Waals surface area contributed by atoms with Crippen LogP contribution in [0.2, 0.25) is 0 Å². The molecule has 1 atom stereocenters. The van der Waals surface area contributed by atoms with Crippen LogP contribution in [0, 0.1) is 0 Å². The zero-order valence-electron chi connectivity index (χ0n) is 9.06. The molecular weight excluding hydrogens is 190 g/mol. The predicted molar refractivity (Wildman–Crippen MR) is 58.2 cm³/mol. The molecular formula is C12H15NO2. The molecule has 1 aromatic rings. The van der Waals surface area contributed by atoms with Crippen LogP contribution in [0.5, 0.6) is 0 Å². The minimum Gasteiger partial charge on any atom is -0.454 e. The molecule has 15 heavy (non-hydrogen) atoms. The molecule has 0 aliphatic carbocycles. The maximum atomic E-state index is 11.3.